The smallest absolute Gasteiger partial charge is 0.262 e. The van der Waals surface area contributed by atoms with Gasteiger partial charge in [-0.25, -0.2) is 0 Å². The highest BCUT2D eigenvalue weighted by Crippen LogP contribution is 2.39. The van der Waals surface area contributed by atoms with Gasteiger partial charge in [0.15, 0.2) is 0 Å². The standard InChI is InChI=1S/C25H22N2O2S/c1-17-7-9-19(10-8-17)15-23-25(29)27-21-16-20(11-12-22(21)30-23)24(28)26-14-13-18-5-3-2-4-6-18/h2-12,15-16H,13-14H2,1H3,(H,26,28)(H,27,29). The third kappa shape index (κ3) is 4.81. The predicted molar refractivity (Wildman–Crippen MR) is 123 cm³/mol. The second-order valence-corrected chi connectivity index (χ2v) is 8.26. The predicted octanol–water partition coefficient (Wildman–Crippen LogP) is 5.05. The number of thioether (sulfide) groups is 1. The number of amides is 2. The third-order valence-corrected chi connectivity index (χ3v) is 5.95. The molecule has 0 spiro atoms. The van der Waals surface area contributed by atoms with Crippen molar-refractivity contribution in [3.63, 3.8) is 0 Å². The van der Waals surface area contributed by atoms with E-state index in [0.29, 0.717) is 22.7 Å². The zero-order valence-corrected chi connectivity index (χ0v) is 17.5. The fourth-order valence-electron chi connectivity index (χ4n) is 3.18. The molecule has 3 aromatic rings. The molecule has 1 aliphatic rings. The zero-order chi connectivity index (χ0) is 20.9. The summed E-state index contributed by atoms with van der Waals surface area (Å²) in [4.78, 5) is 26.6. The van der Waals surface area contributed by atoms with Crippen LogP contribution < -0.4 is 10.6 Å². The lowest BCUT2D eigenvalue weighted by Gasteiger charge is -2.19. The van der Waals surface area contributed by atoms with Crippen molar-refractivity contribution in [2.45, 2.75) is 18.2 Å². The molecule has 0 saturated heterocycles. The van der Waals surface area contributed by atoms with Gasteiger partial charge in [0.1, 0.15) is 0 Å². The lowest BCUT2D eigenvalue weighted by molar-refractivity contribution is -0.112. The average molecular weight is 415 g/mol. The van der Waals surface area contributed by atoms with Crippen molar-refractivity contribution in [1.82, 2.24) is 5.32 Å². The van der Waals surface area contributed by atoms with E-state index in [2.05, 4.69) is 10.6 Å². The van der Waals surface area contributed by atoms with Crippen LogP contribution in [0.25, 0.3) is 6.08 Å². The molecule has 2 amide bonds. The fraction of sp³-hybridized carbons (Fsp3) is 0.120. The molecule has 1 aliphatic heterocycles. The molecule has 0 radical (unpaired) electrons. The van der Waals surface area contributed by atoms with Crippen molar-refractivity contribution in [3.8, 4) is 0 Å². The second kappa shape index (κ2) is 9.01. The van der Waals surface area contributed by atoms with E-state index in [0.717, 1.165) is 16.9 Å². The van der Waals surface area contributed by atoms with Gasteiger partial charge in [0.05, 0.1) is 10.6 Å². The van der Waals surface area contributed by atoms with Crippen LogP contribution in [0, 0.1) is 6.92 Å². The van der Waals surface area contributed by atoms with Crippen LogP contribution in [0.4, 0.5) is 5.69 Å². The molecule has 0 unspecified atom stereocenters. The van der Waals surface area contributed by atoms with Gasteiger partial charge in [-0.1, -0.05) is 71.9 Å². The molecule has 2 N–H and O–H groups in total. The first kappa shape index (κ1) is 20.0. The minimum absolute atomic E-state index is 0.144. The minimum Gasteiger partial charge on any atom is -0.352 e. The lowest BCUT2D eigenvalue weighted by Crippen LogP contribution is -2.26. The third-order valence-electron chi connectivity index (χ3n) is 4.85. The molecule has 0 aromatic heterocycles. The van der Waals surface area contributed by atoms with E-state index in [9.17, 15) is 9.59 Å². The highest BCUT2D eigenvalue weighted by molar-refractivity contribution is 8.04. The maximum absolute atomic E-state index is 12.5. The summed E-state index contributed by atoms with van der Waals surface area (Å²) >= 11 is 1.42. The van der Waals surface area contributed by atoms with E-state index in [1.807, 2.05) is 73.7 Å². The number of anilines is 1. The molecule has 30 heavy (non-hydrogen) atoms. The summed E-state index contributed by atoms with van der Waals surface area (Å²) in [6.07, 6.45) is 2.66. The summed E-state index contributed by atoms with van der Waals surface area (Å²) in [5.41, 5.74) is 4.55. The Morgan fingerprint density at radius 1 is 1.03 bits per heavy atom. The molecular weight excluding hydrogens is 392 g/mol. The number of aryl methyl sites for hydroxylation is 1. The highest BCUT2D eigenvalue weighted by Gasteiger charge is 2.22. The summed E-state index contributed by atoms with van der Waals surface area (Å²) in [6, 6.07) is 23.5. The van der Waals surface area contributed by atoms with Crippen LogP contribution in [0.5, 0.6) is 0 Å². The Hall–Kier alpha value is -3.31. The van der Waals surface area contributed by atoms with Gasteiger partial charge in [-0.3, -0.25) is 9.59 Å². The van der Waals surface area contributed by atoms with Crippen molar-refractivity contribution in [2.24, 2.45) is 0 Å². The summed E-state index contributed by atoms with van der Waals surface area (Å²) in [7, 11) is 0. The van der Waals surface area contributed by atoms with Crippen LogP contribution in [0.1, 0.15) is 27.0 Å². The number of rotatable bonds is 5. The van der Waals surface area contributed by atoms with Gasteiger partial charge in [-0.15, -0.1) is 0 Å². The first-order valence-corrected chi connectivity index (χ1v) is 10.6. The number of hydrogen-bond acceptors (Lipinski definition) is 3. The van der Waals surface area contributed by atoms with Gasteiger partial charge in [0.2, 0.25) is 0 Å². The number of hydrogen-bond donors (Lipinski definition) is 2. The quantitative estimate of drug-likeness (QED) is 0.574. The van der Waals surface area contributed by atoms with Crippen LogP contribution in [0.2, 0.25) is 0 Å². The molecule has 3 aromatic carbocycles. The maximum atomic E-state index is 12.5. The van der Waals surface area contributed by atoms with E-state index < -0.39 is 0 Å². The van der Waals surface area contributed by atoms with Crippen molar-refractivity contribution >= 4 is 35.3 Å². The molecule has 4 nitrogen and oxygen atoms in total. The van der Waals surface area contributed by atoms with Crippen molar-refractivity contribution < 1.29 is 9.59 Å². The van der Waals surface area contributed by atoms with Crippen LogP contribution in [-0.2, 0) is 11.2 Å². The molecule has 0 saturated carbocycles. The maximum Gasteiger partial charge on any atom is 0.262 e. The minimum atomic E-state index is -0.158. The van der Waals surface area contributed by atoms with E-state index in [1.165, 1.54) is 22.9 Å². The first-order chi connectivity index (χ1) is 14.6. The fourth-order valence-corrected chi connectivity index (χ4v) is 4.11. The Bertz CT molecular complexity index is 1110. The number of nitrogens with one attached hydrogen (secondary N) is 2. The van der Waals surface area contributed by atoms with Gasteiger partial charge < -0.3 is 10.6 Å². The van der Waals surface area contributed by atoms with Crippen molar-refractivity contribution in [3.05, 3.63) is 100.0 Å². The largest absolute Gasteiger partial charge is 0.352 e. The van der Waals surface area contributed by atoms with Gasteiger partial charge in [0.25, 0.3) is 11.8 Å². The normalized spacial score (nSPS) is 14.2. The first-order valence-electron chi connectivity index (χ1n) is 9.82. The molecular formula is C25H22N2O2S. The monoisotopic (exact) mass is 414 g/mol. The second-order valence-electron chi connectivity index (χ2n) is 7.18. The lowest BCUT2D eigenvalue weighted by atomic mass is 10.1. The summed E-state index contributed by atoms with van der Waals surface area (Å²) in [5.74, 6) is -0.302. The molecule has 5 heteroatoms. The van der Waals surface area contributed by atoms with Gasteiger partial charge in [-0.05, 0) is 48.7 Å². The van der Waals surface area contributed by atoms with Gasteiger partial charge >= 0.3 is 0 Å². The van der Waals surface area contributed by atoms with Gasteiger partial charge in [0, 0.05) is 17.0 Å². The summed E-state index contributed by atoms with van der Waals surface area (Å²) in [6.45, 7) is 2.59. The van der Waals surface area contributed by atoms with Crippen LogP contribution in [0.3, 0.4) is 0 Å². The topological polar surface area (TPSA) is 58.2 Å². The van der Waals surface area contributed by atoms with Crippen LogP contribution in [0.15, 0.2) is 82.6 Å². The number of carbonyl (C=O) groups is 2. The molecule has 0 aliphatic carbocycles. The number of carbonyl (C=O) groups excluding carboxylic acids is 2. The molecule has 0 fully saturated rings. The molecule has 0 atom stereocenters. The zero-order valence-electron chi connectivity index (χ0n) is 16.6. The summed E-state index contributed by atoms with van der Waals surface area (Å²) in [5, 5.41) is 5.85. The molecule has 0 bridgehead atoms. The Morgan fingerprint density at radius 3 is 2.57 bits per heavy atom. The molecule has 1 heterocycles. The van der Waals surface area contributed by atoms with E-state index >= 15 is 0 Å². The van der Waals surface area contributed by atoms with Gasteiger partial charge in [-0.2, -0.15) is 0 Å². The SMILES string of the molecule is Cc1ccc(C=C2Sc3ccc(C(=O)NCCc4ccccc4)cc3NC2=O)cc1. The Kier molecular flexibility index (Phi) is 6.00. The highest BCUT2D eigenvalue weighted by atomic mass is 32.2. The Labute approximate surface area is 180 Å². The van der Waals surface area contributed by atoms with Crippen molar-refractivity contribution in [2.75, 3.05) is 11.9 Å². The van der Waals surface area contributed by atoms with Crippen LogP contribution >= 0.6 is 11.8 Å². The molecule has 150 valence electrons. The Morgan fingerprint density at radius 2 is 1.80 bits per heavy atom. The van der Waals surface area contributed by atoms with Crippen LogP contribution in [-0.4, -0.2) is 18.4 Å². The Balaban J connectivity index is 1.43. The summed E-state index contributed by atoms with van der Waals surface area (Å²) < 4.78 is 0. The average Bonchev–Trinajstić information content (AvgIpc) is 2.76. The van der Waals surface area contributed by atoms with E-state index in [-0.39, 0.29) is 11.8 Å². The van der Waals surface area contributed by atoms with Crippen molar-refractivity contribution in [1.29, 1.82) is 0 Å². The number of fused-ring (bicyclic) bond motifs is 1. The van der Waals surface area contributed by atoms with E-state index in [1.54, 1.807) is 12.1 Å². The van der Waals surface area contributed by atoms with E-state index in [4.69, 9.17) is 0 Å². The molecule has 4 rings (SSSR count). The number of benzene rings is 3.